The smallest absolute Gasteiger partial charge is 0.0267 e. The van der Waals surface area contributed by atoms with E-state index in [-0.39, 0.29) is 85.4 Å². The van der Waals surface area contributed by atoms with E-state index in [0.29, 0.717) is 18.7 Å². The van der Waals surface area contributed by atoms with Crippen LogP contribution in [0, 0.1) is 108 Å². The Balaban J connectivity index is -0.0000000635. The Morgan fingerprint density at radius 2 is 0.713 bits per heavy atom. The number of hydrogen-bond donors (Lipinski definition) is 2. The van der Waals surface area contributed by atoms with E-state index in [1.807, 2.05) is 151 Å². The van der Waals surface area contributed by atoms with Gasteiger partial charge in [-0.25, -0.2) is 50.2 Å². The average Bonchev–Trinajstić information content (AvgIpc) is 1.41. The predicted molar refractivity (Wildman–Crippen MR) is 490 cm³/mol. The summed E-state index contributed by atoms with van der Waals surface area (Å²) in [4.78, 5) is 7.57. The summed E-state index contributed by atoms with van der Waals surface area (Å²) in [6.07, 6.45) is 26.6. The Morgan fingerprint density at radius 3 is 0.811 bits per heavy atom. The standard InChI is InChI=1S/C9H12NO.C7H8N.C6H14N.2C5H5N.2C4H8N.C4H10N.6C4H7O.2CHF3O3S.2CHN.6CH3.2BrH.6ClH.Hf.Ti.3Zr/c1-10-7-8-11-9-5-3-2-4-6-9;1-8-7-5-3-2-4-6-7;1-5(2)7-6(3)4;2*1-2-4-6-5-3-1;2*1-2-4-5-3-1;1-3-5-4-2;6*1-2-4-5-3-1;2*2-1(3,4)8(5,6)7;2*1-2;;;;;;;;;;;;;;;;;;;/h2-6H,7-8H2,1H3;2-6H,1H3;5-6H,1-4H3;2*1-5H;2*1-4H2;3-4H2,1-2H3;6*3H,1-2,4H2;2*(H,5,6,7);2*1H;6*1H3;8*1H;;;;;/q3*-1;;;9*-1;;;;;6*-1;;;;;;;;;;+6;3*+2/p-8. The van der Waals surface area contributed by atoms with Crippen molar-refractivity contribution in [3.8, 4) is 18.9 Å². The zero-order valence-electron chi connectivity index (χ0n) is 73.0. The molecule has 8 saturated heterocycles. The van der Waals surface area contributed by atoms with Crippen molar-refractivity contribution in [1.82, 2.24) is 9.97 Å². The van der Waals surface area contributed by atoms with Crippen molar-refractivity contribution in [2.75, 3.05) is 106 Å². The number of alkyl halides is 6. The molecule has 0 radical (unpaired) electrons. The van der Waals surface area contributed by atoms with Gasteiger partial charge in [0.05, 0.1) is 6.61 Å². The normalized spacial score (nSPS) is 13.5. The van der Waals surface area contributed by atoms with Gasteiger partial charge in [0.15, 0.2) is 0 Å². The maximum absolute atomic E-state index is 10.7. The van der Waals surface area contributed by atoms with E-state index in [1.54, 1.807) is 38.9 Å². The van der Waals surface area contributed by atoms with Gasteiger partial charge in [-0.3, -0.25) is 19.1 Å². The molecule has 122 heavy (non-hydrogen) atoms. The number of halogens is 14. The molecule has 0 saturated carbocycles. The Kier molecular flexibility index (Phi) is 191. The summed E-state index contributed by atoms with van der Waals surface area (Å²) in [5.74, 6) is 0.913. The second-order valence-corrected chi connectivity index (χ2v) is 42.9. The van der Waals surface area contributed by atoms with Crippen LogP contribution >= 0.6 is 77.4 Å². The Labute approximate surface area is 832 Å². The fourth-order valence-corrected chi connectivity index (χ4v) is 6.41. The van der Waals surface area contributed by atoms with Crippen LogP contribution in [0.5, 0.6) is 5.75 Å². The SMILES string of the molecule is C#N.C#N.C1CC[N-]C1.C1CC[N-]C1.CC(C)[N-]C(C)C.CC[N-]CC.C[N-]CCOc1ccccc1.C[N-]c1ccccc1.O=S(=O)(O)C(F)(F)F.O=S(=O)(O)C(F)(F)F.[Br][Ti+4][Br].[CH-]1CCCO1.[CH-]1CCCO1.[CH-]1CCCO1.[CH-]1CCCO1.[CH-]1CCCO1.[CH-]1CCCO1.[CH3-].[CH3-].[CH3-].[CH3-].[CH3-].[CH3-].[Cl][Zr][Cl].[Cl][Zr][Cl].[Cl][Zr][Cl].[Hf].c1ccncc1.c1ccncc1. The number of benzene rings is 2. The summed E-state index contributed by atoms with van der Waals surface area (Å²) in [6.45, 7) is 44.2. The summed E-state index contributed by atoms with van der Waals surface area (Å²) < 4.78 is 149. The minimum Gasteiger partial charge on any atom is -0.265 e. The van der Waals surface area contributed by atoms with Crippen LogP contribution in [0.1, 0.15) is 144 Å². The molecule has 8 fully saturated rings. The Bertz CT molecular complexity index is 2300. The predicted octanol–water partition coefficient (Wildman–Crippen LogP) is 27.8. The second-order valence-electron chi connectivity index (χ2n) is 21.0. The van der Waals surface area contributed by atoms with Gasteiger partial charge in [-0.05, 0) is 36.4 Å². The van der Waals surface area contributed by atoms with Gasteiger partial charge in [0.1, 0.15) is 5.75 Å². The van der Waals surface area contributed by atoms with Crippen molar-refractivity contribution in [2.24, 2.45) is 0 Å². The fourth-order valence-electron chi connectivity index (χ4n) is 6.41. The molecule has 44 heteroatoms. The van der Waals surface area contributed by atoms with Crippen molar-refractivity contribution in [3.05, 3.63) is 238 Å². The zero-order chi connectivity index (χ0) is 89.3. The first kappa shape index (κ1) is 163. The van der Waals surface area contributed by atoms with Gasteiger partial charge < -0.3 is 110 Å². The van der Waals surface area contributed by atoms with Crippen molar-refractivity contribution >= 4 is 103 Å². The summed E-state index contributed by atoms with van der Waals surface area (Å²) in [5.41, 5.74) is -10.0. The molecular formula is C78H134Br2Cl6F6HfN10O13S2TiZr3-14. The van der Waals surface area contributed by atoms with E-state index >= 15 is 0 Å². The quantitative estimate of drug-likeness (QED) is 0.0393. The number of likely N-dealkylation sites (N-methyl/N-ethyl adjacent to an activating group) is 1. The molecule has 0 aliphatic carbocycles. The third-order valence-corrected chi connectivity index (χ3v) is 12.2. The molecule has 0 amide bonds. The first-order valence-corrected chi connectivity index (χ1v) is 64.9. The molecule has 0 atom stereocenters. The van der Waals surface area contributed by atoms with E-state index in [2.05, 4.69) is 109 Å². The molecule has 10 heterocycles. The van der Waals surface area contributed by atoms with Crippen molar-refractivity contribution in [3.63, 3.8) is 0 Å². The number of para-hydroxylation sites is 2. The van der Waals surface area contributed by atoms with Crippen LogP contribution < -0.4 is 4.74 Å². The number of pyridine rings is 2. The molecule has 0 bridgehead atoms. The van der Waals surface area contributed by atoms with Crippen LogP contribution in [0.25, 0.3) is 31.9 Å². The molecule has 0 unspecified atom stereocenters. The molecule has 4 aromatic rings. The Hall–Kier alpha value is 1.21. The molecule has 2 aromatic heterocycles. The molecule has 12 rings (SSSR count). The van der Waals surface area contributed by atoms with Gasteiger partial charge in [0.2, 0.25) is 0 Å². The number of nitriles is 2. The largest absolute Gasteiger partial charge is 0.265 e. The van der Waals surface area contributed by atoms with Crippen LogP contribution in [-0.4, -0.2) is 165 Å². The molecule has 23 nitrogen and oxygen atoms in total. The maximum Gasteiger partial charge on any atom is 0.0267 e. The second kappa shape index (κ2) is 143. The number of aromatic nitrogens is 2. The van der Waals surface area contributed by atoms with Crippen LogP contribution in [0.15, 0.2) is 122 Å². The topological polar surface area (TPSA) is 331 Å². The zero-order valence-corrected chi connectivity index (χ0v) is 94.9. The maximum atomic E-state index is 10.7. The summed E-state index contributed by atoms with van der Waals surface area (Å²) in [7, 11) is 21.5. The number of rotatable bonds is 9. The van der Waals surface area contributed by atoms with Gasteiger partial charge in [-0.2, -0.15) is 102 Å². The van der Waals surface area contributed by atoms with Crippen molar-refractivity contribution in [1.29, 1.82) is 10.5 Å². The van der Waals surface area contributed by atoms with Gasteiger partial charge in [-0.15, -0.1) is 57.5 Å². The van der Waals surface area contributed by atoms with Gasteiger partial charge in [0.25, 0.3) is 0 Å². The van der Waals surface area contributed by atoms with E-state index in [9.17, 15) is 26.3 Å². The van der Waals surface area contributed by atoms with Crippen LogP contribution in [-0.2, 0) is 152 Å². The number of ether oxygens (including phenoxy) is 7. The summed E-state index contributed by atoms with van der Waals surface area (Å²) in [5, 5.41) is 37.3. The number of nitrogens with zero attached hydrogens (tertiary/aromatic N) is 10. The van der Waals surface area contributed by atoms with Gasteiger partial charge in [0, 0.05) is 103 Å². The molecule has 2 aromatic carbocycles. The third-order valence-electron chi connectivity index (χ3n) is 11.1. The monoisotopic (exact) mass is 2460 g/mol. The van der Waals surface area contributed by atoms with Crippen LogP contribution in [0.2, 0.25) is 0 Å². The van der Waals surface area contributed by atoms with E-state index in [0.717, 1.165) is 135 Å². The minimum atomic E-state index is -5.84. The Morgan fingerprint density at radius 1 is 0.492 bits per heavy atom. The summed E-state index contributed by atoms with van der Waals surface area (Å²) >= 11 is 4.02. The first-order chi connectivity index (χ1) is 55.1. The number of hydrogen-bond acceptors (Lipinski definition) is 15. The van der Waals surface area contributed by atoms with E-state index in [4.69, 9.17) is 121 Å². The van der Waals surface area contributed by atoms with Gasteiger partial charge >= 0.3 is 186 Å². The van der Waals surface area contributed by atoms with E-state index < -0.39 is 93.8 Å². The molecule has 718 valence electrons. The molecule has 0 spiro atoms. The molecule has 2 N–H and O–H groups in total. The van der Waals surface area contributed by atoms with Gasteiger partial charge in [-0.1, -0.05) is 166 Å². The van der Waals surface area contributed by atoms with Crippen LogP contribution in [0.3, 0.4) is 0 Å². The van der Waals surface area contributed by atoms with Crippen molar-refractivity contribution in [2.45, 2.75) is 167 Å². The molecule has 8 aliphatic rings. The van der Waals surface area contributed by atoms with Crippen molar-refractivity contribution < 1.29 is 189 Å². The van der Waals surface area contributed by atoms with Crippen LogP contribution in [0.4, 0.5) is 32.0 Å². The average molecular weight is 2470 g/mol. The van der Waals surface area contributed by atoms with E-state index in [1.165, 1.54) is 64.2 Å². The first-order valence-electron chi connectivity index (χ1n) is 35.3. The third kappa shape index (κ3) is 174. The molecular weight excluding hydrogens is 2340 g/mol. The fraction of sp³-hybridized carbons (Fsp3) is 0.538. The molecule has 8 aliphatic heterocycles. The summed E-state index contributed by atoms with van der Waals surface area (Å²) in [6, 6.07) is 32.1. The minimum absolute atomic E-state index is 0.